The molecule has 0 spiro atoms. The fraction of sp³-hybridized carbons (Fsp3) is 0.217. The third kappa shape index (κ3) is 3.32. The molecule has 3 aromatic rings. The summed E-state index contributed by atoms with van der Waals surface area (Å²) in [5, 5.41) is 3.64. The molecule has 1 unspecified atom stereocenters. The molecule has 0 saturated heterocycles. The van der Waals surface area contributed by atoms with Crippen LogP contribution < -0.4 is 5.32 Å². The van der Waals surface area contributed by atoms with Crippen molar-refractivity contribution in [1.82, 2.24) is 9.88 Å². The van der Waals surface area contributed by atoms with Crippen molar-refractivity contribution in [2.24, 2.45) is 5.92 Å². The predicted molar refractivity (Wildman–Crippen MR) is 111 cm³/mol. The van der Waals surface area contributed by atoms with Crippen molar-refractivity contribution in [3.63, 3.8) is 0 Å². The highest BCUT2D eigenvalue weighted by Crippen LogP contribution is 2.29. The summed E-state index contributed by atoms with van der Waals surface area (Å²) < 4.78 is 13.1. The lowest BCUT2D eigenvalue weighted by Crippen LogP contribution is -2.51. The van der Waals surface area contributed by atoms with Crippen LogP contribution in [-0.4, -0.2) is 40.3 Å². The summed E-state index contributed by atoms with van der Waals surface area (Å²) in [6.45, 7) is 0.999. The number of imide groups is 1. The maximum Gasteiger partial charge on any atom is 0.262 e. The highest BCUT2D eigenvalue weighted by atomic mass is 19.1. The van der Waals surface area contributed by atoms with Crippen LogP contribution in [0, 0.1) is 5.92 Å². The summed E-state index contributed by atoms with van der Waals surface area (Å²) in [6.07, 6.45) is 1.66. The molecule has 0 fully saturated rings. The zero-order chi connectivity index (χ0) is 21.3. The average Bonchev–Trinajstić information content (AvgIpc) is 3.00. The molecule has 1 N–H and O–H groups in total. The first-order valence-electron chi connectivity index (χ1n) is 9.70. The molecule has 7 heteroatoms. The van der Waals surface area contributed by atoms with Gasteiger partial charge in [0.2, 0.25) is 5.91 Å². The van der Waals surface area contributed by atoms with E-state index in [1.165, 1.54) is 0 Å². The van der Waals surface area contributed by atoms with Crippen molar-refractivity contribution in [3.8, 4) is 0 Å². The van der Waals surface area contributed by atoms with Crippen LogP contribution in [0.1, 0.15) is 34.1 Å². The van der Waals surface area contributed by atoms with Crippen LogP contribution in [0.25, 0.3) is 10.9 Å². The van der Waals surface area contributed by atoms with Crippen LogP contribution >= 0.6 is 0 Å². The Hall–Kier alpha value is -3.61. The number of anilines is 1. The first-order chi connectivity index (χ1) is 14.5. The standard InChI is InChI=1S/C23H20FN3O3/c1-14(11-12-24)20(27-22(29)16-8-2-3-9-17(16)23(27)30)21(28)26-18-10-4-6-15-7-5-13-25-19(15)18/h2-10,13-14,20H,11-12H2,1H3,(H,26,28)/t14?,20-/m0/s1. The minimum absolute atomic E-state index is 0.0410. The molecule has 30 heavy (non-hydrogen) atoms. The number of benzene rings is 2. The fourth-order valence-corrected chi connectivity index (χ4v) is 3.83. The van der Waals surface area contributed by atoms with Gasteiger partial charge >= 0.3 is 0 Å². The molecule has 0 bridgehead atoms. The zero-order valence-electron chi connectivity index (χ0n) is 16.3. The largest absolute Gasteiger partial charge is 0.322 e. The van der Waals surface area contributed by atoms with Gasteiger partial charge in [-0.1, -0.05) is 37.3 Å². The van der Waals surface area contributed by atoms with Crippen molar-refractivity contribution in [2.75, 3.05) is 12.0 Å². The molecule has 4 rings (SSSR count). The summed E-state index contributed by atoms with van der Waals surface area (Å²) >= 11 is 0. The Morgan fingerprint density at radius 2 is 1.70 bits per heavy atom. The number of hydrogen-bond acceptors (Lipinski definition) is 4. The maximum absolute atomic E-state index is 13.3. The van der Waals surface area contributed by atoms with Crippen LogP contribution in [-0.2, 0) is 4.79 Å². The monoisotopic (exact) mass is 405 g/mol. The molecule has 2 atom stereocenters. The van der Waals surface area contributed by atoms with Gasteiger partial charge in [-0.25, -0.2) is 0 Å². The van der Waals surface area contributed by atoms with Gasteiger partial charge in [0.1, 0.15) is 6.04 Å². The molecular formula is C23H20FN3O3. The van der Waals surface area contributed by atoms with Crippen LogP contribution in [0.2, 0.25) is 0 Å². The lowest BCUT2D eigenvalue weighted by atomic mass is 9.96. The van der Waals surface area contributed by atoms with Gasteiger partial charge in [-0.05, 0) is 36.6 Å². The van der Waals surface area contributed by atoms with Crippen LogP contribution in [0.15, 0.2) is 60.8 Å². The predicted octanol–water partition coefficient (Wildman–Crippen LogP) is 3.83. The Labute approximate surface area is 172 Å². The van der Waals surface area contributed by atoms with Gasteiger partial charge in [0.15, 0.2) is 0 Å². The zero-order valence-corrected chi connectivity index (χ0v) is 16.3. The molecule has 152 valence electrons. The van der Waals surface area contributed by atoms with E-state index in [0.29, 0.717) is 11.2 Å². The molecule has 2 heterocycles. The van der Waals surface area contributed by atoms with E-state index >= 15 is 0 Å². The number of carbonyl (C=O) groups excluding carboxylic acids is 3. The first-order valence-corrected chi connectivity index (χ1v) is 9.70. The van der Waals surface area contributed by atoms with Gasteiger partial charge in [-0.15, -0.1) is 0 Å². The van der Waals surface area contributed by atoms with E-state index < -0.39 is 36.4 Å². The lowest BCUT2D eigenvalue weighted by molar-refractivity contribution is -0.121. The van der Waals surface area contributed by atoms with Gasteiger partial charge in [0.05, 0.1) is 29.0 Å². The van der Waals surface area contributed by atoms with Gasteiger partial charge < -0.3 is 5.32 Å². The second-order valence-electron chi connectivity index (χ2n) is 7.30. The molecule has 1 aromatic heterocycles. The molecule has 1 aliphatic heterocycles. The van der Waals surface area contributed by atoms with E-state index in [1.54, 1.807) is 55.6 Å². The molecule has 0 saturated carbocycles. The highest BCUT2D eigenvalue weighted by molar-refractivity contribution is 6.23. The summed E-state index contributed by atoms with van der Waals surface area (Å²) in [5.74, 6) is -2.21. The first kappa shape index (κ1) is 19.7. The molecule has 6 nitrogen and oxygen atoms in total. The number of amides is 3. The number of aromatic nitrogens is 1. The smallest absolute Gasteiger partial charge is 0.262 e. The summed E-state index contributed by atoms with van der Waals surface area (Å²) in [6, 6.07) is 14.3. The van der Waals surface area contributed by atoms with E-state index in [4.69, 9.17) is 0 Å². The number of hydrogen-bond donors (Lipinski definition) is 1. The normalized spacial score (nSPS) is 15.2. The van der Waals surface area contributed by atoms with Crippen molar-refractivity contribution in [1.29, 1.82) is 0 Å². The van der Waals surface area contributed by atoms with Crippen LogP contribution in [0.5, 0.6) is 0 Å². The van der Waals surface area contributed by atoms with E-state index in [2.05, 4.69) is 10.3 Å². The number of nitrogens with one attached hydrogen (secondary N) is 1. The number of carbonyl (C=O) groups is 3. The van der Waals surface area contributed by atoms with Crippen LogP contribution in [0.3, 0.4) is 0 Å². The SMILES string of the molecule is CC(CCF)[C@@H](C(=O)Nc1cccc2cccnc12)N1C(=O)c2ccccc2C1=O. The van der Waals surface area contributed by atoms with E-state index in [9.17, 15) is 18.8 Å². The molecule has 0 radical (unpaired) electrons. The molecule has 2 aromatic carbocycles. The Bertz CT molecular complexity index is 1110. The molecule has 1 aliphatic rings. The Balaban J connectivity index is 1.70. The number of para-hydroxylation sites is 1. The van der Waals surface area contributed by atoms with Crippen LogP contribution in [0.4, 0.5) is 10.1 Å². The molecule has 3 amide bonds. The number of fused-ring (bicyclic) bond motifs is 2. The maximum atomic E-state index is 13.3. The average molecular weight is 405 g/mol. The van der Waals surface area contributed by atoms with Gasteiger partial charge in [0, 0.05) is 11.6 Å². The summed E-state index contributed by atoms with van der Waals surface area (Å²) in [4.78, 5) is 44.5. The van der Waals surface area contributed by atoms with Crippen molar-refractivity contribution in [3.05, 3.63) is 71.9 Å². The number of rotatable bonds is 6. The van der Waals surface area contributed by atoms with E-state index in [1.807, 2.05) is 12.1 Å². The van der Waals surface area contributed by atoms with E-state index in [0.717, 1.165) is 10.3 Å². The minimum Gasteiger partial charge on any atom is -0.322 e. The minimum atomic E-state index is -1.15. The third-order valence-electron chi connectivity index (χ3n) is 5.37. The summed E-state index contributed by atoms with van der Waals surface area (Å²) in [5.41, 5.74) is 1.55. The number of nitrogens with zero attached hydrogens (tertiary/aromatic N) is 2. The highest BCUT2D eigenvalue weighted by Gasteiger charge is 2.44. The number of alkyl halides is 1. The second kappa shape index (κ2) is 8.02. The van der Waals surface area contributed by atoms with E-state index in [-0.39, 0.29) is 17.5 Å². The summed E-state index contributed by atoms with van der Waals surface area (Å²) in [7, 11) is 0. The Kier molecular flexibility index (Phi) is 5.27. The second-order valence-corrected chi connectivity index (χ2v) is 7.30. The van der Waals surface area contributed by atoms with Gasteiger partial charge in [-0.2, -0.15) is 0 Å². The topological polar surface area (TPSA) is 79.4 Å². The number of halogens is 1. The lowest BCUT2D eigenvalue weighted by Gasteiger charge is -2.30. The fourth-order valence-electron chi connectivity index (χ4n) is 3.83. The third-order valence-corrected chi connectivity index (χ3v) is 5.37. The Morgan fingerprint density at radius 1 is 1.03 bits per heavy atom. The number of pyridine rings is 1. The van der Waals surface area contributed by atoms with Crippen molar-refractivity contribution < 1.29 is 18.8 Å². The van der Waals surface area contributed by atoms with Gasteiger partial charge in [0.25, 0.3) is 11.8 Å². The molecular weight excluding hydrogens is 385 g/mol. The molecule has 0 aliphatic carbocycles. The Morgan fingerprint density at radius 3 is 2.37 bits per heavy atom. The van der Waals surface area contributed by atoms with Crippen molar-refractivity contribution >= 4 is 34.3 Å². The van der Waals surface area contributed by atoms with Crippen molar-refractivity contribution in [2.45, 2.75) is 19.4 Å². The quantitative estimate of drug-likeness (QED) is 0.632. The van der Waals surface area contributed by atoms with Gasteiger partial charge in [-0.3, -0.25) is 28.7 Å².